The number of rotatable bonds is 6. The third-order valence-electron chi connectivity index (χ3n) is 4.24. The number of hydrogen-bond donors (Lipinski definition) is 1. The van der Waals surface area contributed by atoms with E-state index >= 15 is 0 Å². The van der Waals surface area contributed by atoms with E-state index in [9.17, 15) is 9.59 Å². The van der Waals surface area contributed by atoms with Crippen LogP contribution in [0.5, 0.6) is 5.75 Å². The second-order valence-corrected chi connectivity index (χ2v) is 5.94. The van der Waals surface area contributed by atoms with E-state index in [-0.39, 0.29) is 17.7 Å². The Morgan fingerprint density at radius 3 is 2.61 bits per heavy atom. The van der Waals surface area contributed by atoms with E-state index in [0.29, 0.717) is 18.0 Å². The molecule has 0 saturated carbocycles. The number of fused-ring (bicyclic) bond motifs is 1. The molecule has 5 heteroatoms. The maximum absolute atomic E-state index is 12.2. The van der Waals surface area contributed by atoms with Gasteiger partial charge in [-0.25, -0.2) is 0 Å². The van der Waals surface area contributed by atoms with Crippen LogP contribution in [0.4, 0.5) is 11.4 Å². The Kier molecular flexibility index (Phi) is 5.64. The van der Waals surface area contributed by atoms with Gasteiger partial charge < -0.3 is 15.0 Å². The smallest absolute Gasteiger partial charge is 0.267 e. The molecule has 0 saturated heterocycles. The van der Waals surface area contributed by atoms with E-state index in [2.05, 4.69) is 5.32 Å². The van der Waals surface area contributed by atoms with Crippen LogP contribution in [0.3, 0.4) is 0 Å². The fourth-order valence-electron chi connectivity index (χ4n) is 2.85. The molecule has 0 aliphatic carbocycles. The minimum Gasteiger partial charge on any atom is -0.479 e. The SMILES string of the molecule is CCCN1C(=O)C(C)Oc2cc(NC(=O)C(CC)CC)ccc21. The Hall–Kier alpha value is -2.04. The lowest BCUT2D eigenvalue weighted by Crippen LogP contribution is -2.44. The number of nitrogens with one attached hydrogen (secondary N) is 1. The lowest BCUT2D eigenvalue weighted by atomic mass is 10.0. The number of hydrogen-bond acceptors (Lipinski definition) is 3. The van der Waals surface area contributed by atoms with Gasteiger partial charge in [0.25, 0.3) is 5.91 Å². The molecule has 1 aliphatic rings. The minimum atomic E-state index is -0.501. The van der Waals surface area contributed by atoms with Crippen LogP contribution in [-0.2, 0) is 9.59 Å². The number of ether oxygens (including phenoxy) is 1. The Labute approximate surface area is 138 Å². The van der Waals surface area contributed by atoms with E-state index in [1.807, 2.05) is 32.9 Å². The van der Waals surface area contributed by atoms with Crippen LogP contribution in [0.1, 0.15) is 47.0 Å². The average molecular weight is 318 g/mol. The predicted molar refractivity (Wildman–Crippen MR) is 91.9 cm³/mol. The second kappa shape index (κ2) is 7.49. The highest BCUT2D eigenvalue weighted by molar-refractivity contribution is 6.00. The minimum absolute atomic E-state index is 0.0176. The van der Waals surface area contributed by atoms with E-state index in [1.165, 1.54) is 0 Å². The van der Waals surface area contributed by atoms with Crippen LogP contribution in [0.25, 0.3) is 0 Å². The average Bonchev–Trinajstić information content (AvgIpc) is 2.53. The molecular formula is C18H26N2O3. The zero-order chi connectivity index (χ0) is 17.0. The van der Waals surface area contributed by atoms with Crippen LogP contribution < -0.4 is 15.0 Å². The summed E-state index contributed by atoms with van der Waals surface area (Å²) < 4.78 is 5.71. The largest absolute Gasteiger partial charge is 0.479 e. The number of amides is 2. The van der Waals surface area contributed by atoms with Crippen LogP contribution in [0.2, 0.25) is 0 Å². The van der Waals surface area contributed by atoms with E-state index in [4.69, 9.17) is 4.74 Å². The van der Waals surface area contributed by atoms with Gasteiger partial charge in [0.05, 0.1) is 5.69 Å². The fourth-order valence-corrected chi connectivity index (χ4v) is 2.85. The Bertz CT molecular complexity index is 582. The van der Waals surface area contributed by atoms with E-state index in [0.717, 1.165) is 24.9 Å². The number of nitrogens with zero attached hydrogens (tertiary/aromatic N) is 1. The molecule has 0 spiro atoms. The first-order valence-electron chi connectivity index (χ1n) is 8.44. The summed E-state index contributed by atoms with van der Waals surface area (Å²) in [6.45, 7) is 8.49. The molecule has 1 aliphatic heterocycles. The molecule has 2 rings (SSSR count). The zero-order valence-corrected chi connectivity index (χ0v) is 14.4. The maximum atomic E-state index is 12.2. The molecule has 0 aromatic heterocycles. The van der Waals surface area contributed by atoms with Gasteiger partial charge in [-0.3, -0.25) is 9.59 Å². The molecule has 1 atom stereocenters. The van der Waals surface area contributed by atoms with Gasteiger partial charge in [0, 0.05) is 24.2 Å². The summed E-state index contributed by atoms with van der Waals surface area (Å²) >= 11 is 0. The van der Waals surface area contributed by atoms with Gasteiger partial charge >= 0.3 is 0 Å². The summed E-state index contributed by atoms with van der Waals surface area (Å²) in [4.78, 5) is 26.2. The maximum Gasteiger partial charge on any atom is 0.267 e. The first-order chi connectivity index (χ1) is 11.0. The number of anilines is 2. The summed E-state index contributed by atoms with van der Waals surface area (Å²) in [7, 11) is 0. The van der Waals surface area contributed by atoms with Crippen molar-refractivity contribution in [2.24, 2.45) is 5.92 Å². The summed E-state index contributed by atoms with van der Waals surface area (Å²) in [5.41, 5.74) is 1.48. The van der Waals surface area contributed by atoms with Crippen LogP contribution >= 0.6 is 0 Å². The number of carbonyl (C=O) groups excluding carboxylic acids is 2. The third kappa shape index (κ3) is 3.66. The predicted octanol–water partition coefficient (Wildman–Crippen LogP) is 3.59. The molecule has 126 valence electrons. The van der Waals surface area contributed by atoms with E-state index < -0.39 is 6.10 Å². The van der Waals surface area contributed by atoms with Gasteiger partial charge in [0.2, 0.25) is 5.91 Å². The van der Waals surface area contributed by atoms with Crippen molar-refractivity contribution in [3.05, 3.63) is 18.2 Å². The molecule has 1 aromatic rings. The zero-order valence-electron chi connectivity index (χ0n) is 14.4. The number of carbonyl (C=O) groups is 2. The summed E-state index contributed by atoms with van der Waals surface area (Å²) in [5.74, 6) is 0.672. The molecule has 1 unspecified atom stereocenters. The van der Waals surface area contributed by atoms with Crippen LogP contribution in [0.15, 0.2) is 18.2 Å². The van der Waals surface area contributed by atoms with Gasteiger partial charge in [0.1, 0.15) is 5.75 Å². The highest BCUT2D eigenvalue weighted by Gasteiger charge is 2.31. The van der Waals surface area contributed by atoms with Gasteiger partial charge in [-0.2, -0.15) is 0 Å². The molecule has 23 heavy (non-hydrogen) atoms. The molecule has 1 heterocycles. The first-order valence-corrected chi connectivity index (χ1v) is 8.44. The second-order valence-electron chi connectivity index (χ2n) is 5.94. The van der Waals surface area contributed by atoms with E-state index in [1.54, 1.807) is 17.9 Å². The van der Waals surface area contributed by atoms with Gasteiger partial charge in [-0.1, -0.05) is 20.8 Å². The lowest BCUT2D eigenvalue weighted by molar-refractivity contribution is -0.125. The van der Waals surface area contributed by atoms with Crippen molar-refractivity contribution < 1.29 is 14.3 Å². The highest BCUT2D eigenvalue weighted by atomic mass is 16.5. The molecule has 1 N–H and O–H groups in total. The van der Waals surface area contributed by atoms with Crippen molar-refractivity contribution in [3.63, 3.8) is 0 Å². The molecular weight excluding hydrogens is 292 g/mol. The van der Waals surface area contributed by atoms with Crippen molar-refractivity contribution in [3.8, 4) is 5.75 Å². The molecule has 0 fully saturated rings. The quantitative estimate of drug-likeness (QED) is 0.872. The fraction of sp³-hybridized carbons (Fsp3) is 0.556. The van der Waals surface area contributed by atoms with Crippen molar-refractivity contribution in [2.75, 3.05) is 16.8 Å². The highest BCUT2D eigenvalue weighted by Crippen LogP contribution is 2.36. The van der Waals surface area contributed by atoms with Crippen molar-refractivity contribution >= 4 is 23.2 Å². The van der Waals surface area contributed by atoms with Crippen molar-refractivity contribution in [1.82, 2.24) is 0 Å². The van der Waals surface area contributed by atoms with Crippen molar-refractivity contribution in [2.45, 2.75) is 53.1 Å². The van der Waals surface area contributed by atoms with Gasteiger partial charge in [-0.05, 0) is 38.3 Å². The van der Waals surface area contributed by atoms with Gasteiger partial charge in [0.15, 0.2) is 6.10 Å². The topological polar surface area (TPSA) is 58.6 Å². The molecule has 5 nitrogen and oxygen atoms in total. The number of benzene rings is 1. The molecule has 1 aromatic carbocycles. The Morgan fingerprint density at radius 1 is 1.30 bits per heavy atom. The lowest BCUT2D eigenvalue weighted by Gasteiger charge is -2.33. The van der Waals surface area contributed by atoms with Gasteiger partial charge in [-0.15, -0.1) is 0 Å². The third-order valence-corrected chi connectivity index (χ3v) is 4.24. The Balaban J connectivity index is 2.23. The van der Waals surface area contributed by atoms with Crippen molar-refractivity contribution in [1.29, 1.82) is 0 Å². The standard InChI is InChI=1S/C18H26N2O3/c1-5-10-20-15-9-8-14(19-17(21)13(6-2)7-3)11-16(15)23-12(4)18(20)22/h8-9,11-13H,5-7,10H2,1-4H3,(H,19,21). The normalized spacial score (nSPS) is 17.0. The molecule has 2 amide bonds. The summed E-state index contributed by atoms with van der Waals surface area (Å²) in [5, 5.41) is 2.94. The Morgan fingerprint density at radius 2 is 2.00 bits per heavy atom. The summed E-state index contributed by atoms with van der Waals surface area (Å²) in [6, 6.07) is 5.48. The first kappa shape index (κ1) is 17.3. The molecule has 0 bridgehead atoms. The monoisotopic (exact) mass is 318 g/mol. The summed E-state index contributed by atoms with van der Waals surface area (Å²) in [6.07, 6.45) is 2.02. The van der Waals surface area contributed by atoms with Crippen LogP contribution in [-0.4, -0.2) is 24.5 Å². The van der Waals surface area contributed by atoms with Crippen LogP contribution in [0, 0.1) is 5.92 Å². The molecule has 0 radical (unpaired) electrons.